The maximum atomic E-state index is 6.22. The lowest BCUT2D eigenvalue weighted by molar-refractivity contribution is -0.0708. The molecule has 0 saturated carbocycles. The number of hydrogen-bond donors (Lipinski definition) is 0. The Morgan fingerprint density at radius 3 is 2.86 bits per heavy atom. The normalized spacial score (nSPS) is 23.7. The summed E-state index contributed by atoms with van der Waals surface area (Å²) in [5, 5.41) is 0.684. The van der Waals surface area contributed by atoms with Crippen molar-refractivity contribution in [3.05, 3.63) is 57.1 Å². The van der Waals surface area contributed by atoms with Crippen LogP contribution in [0.5, 0.6) is 0 Å². The van der Waals surface area contributed by atoms with Gasteiger partial charge in [-0.1, -0.05) is 35.9 Å². The summed E-state index contributed by atoms with van der Waals surface area (Å²) in [5.74, 6) is 0. The summed E-state index contributed by atoms with van der Waals surface area (Å²) in [6.07, 6.45) is 3.40. The maximum Gasteiger partial charge on any atom is 0.224 e. The number of aromatic nitrogens is 2. The predicted molar refractivity (Wildman–Crippen MR) is 81.9 cm³/mol. The van der Waals surface area contributed by atoms with Gasteiger partial charge in [0.05, 0.1) is 17.9 Å². The lowest BCUT2D eigenvalue weighted by Gasteiger charge is -2.42. The van der Waals surface area contributed by atoms with Crippen molar-refractivity contribution in [1.82, 2.24) is 9.97 Å². The van der Waals surface area contributed by atoms with Gasteiger partial charge in [-0.2, -0.15) is 0 Å². The van der Waals surface area contributed by atoms with E-state index in [2.05, 4.69) is 34.2 Å². The van der Waals surface area contributed by atoms with E-state index >= 15 is 0 Å². The molecule has 1 aliphatic carbocycles. The number of halogens is 2. The van der Waals surface area contributed by atoms with Crippen LogP contribution in [0, 0.1) is 0 Å². The van der Waals surface area contributed by atoms with Crippen molar-refractivity contribution in [2.75, 3.05) is 6.61 Å². The van der Waals surface area contributed by atoms with Gasteiger partial charge in [0.2, 0.25) is 5.28 Å². The molecule has 1 atom stereocenters. The maximum absolute atomic E-state index is 6.22. The summed E-state index contributed by atoms with van der Waals surface area (Å²) in [6, 6.07) is 8.52. The fourth-order valence-electron chi connectivity index (χ4n) is 3.52. The van der Waals surface area contributed by atoms with Gasteiger partial charge in [0, 0.05) is 12.0 Å². The second-order valence-electron chi connectivity index (χ2n) is 5.64. The van der Waals surface area contributed by atoms with Gasteiger partial charge in [-0.05, 0) is 42.0 Å². The molecule has 1 aromatic carbocycles. The van der Waals surface area contributed by atoms with Crippen LogP contribution >= 0.6 is 23.2 Å². The largest absolute Gasteiger partial charge is 0.370 e. The molecule has 3 nitrogen and oxygen atoms in total. The van der Waals surface area contributed by atoms with Crippen LogP contribution in [-0.2, 0) is 29.6 Å². The molecule has 0 amide bonds. The molecule has 1 aromatic heterocycles. The van der Waals surface area contributed by atoms with Crippen LogP contribution in [0.2, 0.25) is 10.4 Å². The fraction of sp³-hybridized carbons (Fsp3) is 0.375. The van der Waals surface area contributed by atoms with E-state index in [0.717, 1.165) is 37.1 Å². The quantitative estimate of drug-likeness (QED) is 0.548. The van der Waals surface area contributed by atoms with Crippen LogP contribution < -0.4 is 0 Å². The van der Waals surface area contributed by atoms with E-state index in [9.17, 15) is 0 Å². The van der Waals surface area contributed by atoms with Crippen LogP contribution in [0.25, 0.3) is 0 Å². The molecule has 5 heteroatoms. The van der Waals surface area contributed by atoms with Gasteiger partial charge >= 0.3 is 0 Å². The first-order valence-electron chi connectivity index (χ1n) is 7.11. The molecular formula is C16H14Cl2N2O. The molecule has 2 aromatic rings. The first-order chi connectivity index (χ1) is 10.2. The Kier molecular flexibility index (Phi) is 3.18. The van der Waals surface area contributed by atoms with E-state index in [1.54, 1.807) is 0 Å². The first kappa shape index (κ1) is 13.5. The van der Waals surface area contributed by atoms with E-state index in [4.69, 9.17) is 27.9 Å². The molecule has 4 rings (SSSR count). The van der Waals surface area contributed by atoms with Crippen molar-refractivity contribution < 1.29 is 4.74 Å². The average molecular weight is 321 g/mol. The van der Waals surface area contributed by atoms with E-state index < -0.39 is 0 Å². The van der Waals surface area contributed by atoms with E-state index in [-0.39, 0.29) is 10.9 Å². The van der Waals surface area contributed by atoms with Gasteiger partial charge in [0.1, 0.15) is 5.15 Å². The lowest BCUT2D eigenvalue weighted by Crippen LogP contribution is -2.41. The van der Waals surface area contributed by atoms with Crippen molar-refractivity contribution in [3.8, 4) is 0 Å². The minimum atomic E-state index is -0.289. The van der Waals surface area contributed by atoms with Gasteiger partial charge in [-0.25, -0.2) is 9.97 Å². The molecule has 2 aliphatic rings. The highest BCUT2D eigenvalue weighted by Gasteiger charge is 2.42. The number of nitrogens with zero attached hydrogens (tertiary/aromatic N) is 2. The number of hydrogen-bond acceptors (Lipinski definition) is 3. The molecule has 0 N–H and O–H groups in total. The molecule has 0 radical (unpaired) electrons. The zero-order valence-electron chi connectivity index (χ0n) is 11.4. The summed E-state index contributed by atoms with van der Waals surface area (Å²) >= 11 is 12.2. The smallest absolute Gasteiger partial charge is 0.224 e. The summed E-state index contributed by atoms with van der Waals surface area (Å²) < 4.78 is 6.22. The van der Waals surface area contributed by atoms with Crippen LogP contribution in [0.15, 0.2) is 24.3 Å². The van der Waals surface area contributed by atoms with Crippen molar-refractivity contribution in [2.45, 2.75) is 31.3 Å². The zero-order chi connectivity index (χ0) is 14.4. The van der Waals surface area contributed by atoms with E-state index in [0.29, 0.717) is 11.6 Å². The molecule has 1 spiro atoms. The topological polar surface area (TPSA) is 35.0 Å². The molecule has 21 heavy (non-hydrogen) atoms. The number of rotatable bonds is 0. The molecular weight excluding hydrogens is 307 g/mol. The van der Waals surface area contributed by atoms with Crippen LogP contribution in [0.4, 0.5) is 0 Å². The highest BCUT2D eigenvalue weighted by atomic mass is 35.5. The van der Waals surface area contributed by atoms with E-state index in [1.807, 2.05) is 0 Å². The lowest BCUT2D eigenvalue weighted by atomic mass is 9.75. The van der Waals surface area contributed by atoms with Gasteiger partial charge in [-0.15, -0.1) is 0 Å². The summed E-state index contributed by atoms with van der Waals surface area (Å²) in [6.45, 7) is 0.749. The minimum absolute atomic E-state index is 0.208. The number of benzene rings is 1. The zero-order valence-corrected chi connectivity index (χ0v) is 12.9. The fourth-order valence-corrected chi connectivity index (χ4v) is 4.03. The second-order valence-corrected chi connectivity index (χ2v) is 6.33. The summed E-state index contributed by atoms with van der Waals surface area (Å²) in [7, 11) is 0. The van der Waals surface area contributed by atoms with Gasteiger partial charge in [0.25, 0.3) is 0 Å². The summed E-state index contributed by atoms with van der Waals surface area (Å²) in [4.78, 5) is 8.43. The third-order valence-electron chi connectivity index (χ3n) is 4.50. The Morgan fingerprint density at radius 2 is 1.95 bits per heavy atom. The van der Waals surface area contributed by atoms with E-state index in [1.165, 1.54) is 11.1 Å². The Morgan fingerprint density at radius 1 is 1.10 bits per heavy atom. The Balaban J connectivity index is 1.82. The number of ether oxygens (including phenoxy) is 1. The highest BCUT2D eigenvalue weighted by molar-refractivity contribution is 6.32. The first-order valence-corrected chi connectivity index (χ1v) is 7.87. The SMILES string of the molecule is Clc1nc(Cl)c2c(n1)CC1(CC2)OCCc2ccccc21. The third-order valence-corrected chi connectivity index (χ3v) is 4.99. The molecule has 108 valence electrons. The van der Waals surface area contributed by atoms with Crippen molar-refractivity contribution >= 4 is 23.2 Å². The van der Waals surface area contributed by atoms with Gasteiger partial charge in [-0.3, -0.25) is 0 Å². The van der Waals surface area contributed by atoms with Crippen LogP contribution in [0.3, 0.4) is 0 Å². The minimum Gasteiger partial charge on any atom is -0.370 e. The van der Waals surface area contributed by atoms with Crippen molar-refractivity contribution in [1.29, 1.82) is 0 Å². The standard InChI is InChI=1S/C16H14Cl2N2O/c17-14-11-5-7-16(9-13(11)19-15(18)20-14)12-4-2-1-3-10(12)6-8-21-16/h1-4H,5-9H2. The molecule has 2 heterocycles. The Hall–Kier alpha value is -1.16. The third kappa shape index (κ3) is 2.15. The predicted octanol–water partition coefficient (Wildman–Crippen LogP) is 3.74. The monoisotopic (exact) mass is 320 g/mol. The van der Waals surface area contributed by atoms with Crippen LogP contribution in [0.1, 0.15) is 28.8 Å². The van der Waals surface area contributed by atoms with Crippen molar-refractivity contribution in [2.24, 2.45) is 0 Å². The number of fused-ring (bicyclic) bond motifs is 3. The van der Waals surface area contributed by atoms with Crippen molar-refractivity contribution in [3.63, 3.8) is 0 Å². The molecule has 1 unspecified atom stereocenters. The van der Waals surface area contributed by atoms with Crippen LogP contribution in [-0.4, -0.2) is 16.6 Å². The second kappa shape index (κ2) is 4.94. The molecule has 1 aliphatic heterocycles. The average Bonchev–Trinajstić information content (AvgIpc) is 2.47. The highest BCUT2D eigenvalue weighted by Crippen LogP contribution is 2.44. The molecule has 0 saturated heterocycles. The molecule has 0 fully saturated rings. The molecule has 0 bridgehead atoms. The van der Waals surface area contributed by atoms with Gasteiger partial charge < -0.3 is 4.74 Å². The Bertz CT molecular complexity index is 719. The summed E-state index contributed by atoms with van der Waals surface area (Å²) in [5.41, 5.74) is 4.30. The van der Waals surface area contributed by atoms with Gasteiger partial charge in [0.15, 0.2) is 0 Å². The Labute approximate surface area is 133 Å².